The average Bonchev–Trinajstić information content (AvgIpc) is 3.36. The highest BCUT2D eigenvalue weighted by Gasteiger charge is 2.46. The molecule has 1 aromatic carbocycles. The maximum atomic E-state index is 13.2. The van der Waals surface area contributed by atoms with E-state index in [4.69, 9.17) is 0 Å². The molecule has 3 aromatic rings. The van der Waals surface area contributed by atoms with Crippen LogP contribution in [0.3, 0.4) is 0 Å². The minimum absolute atomic E-state index is 0.0797. The molecule has 0 spiro atoms. The molecule has 0 unspecified atom stereocenters. The molecule has 1 aliphatic rings. The molecule has 1 amide bonds. The smallest absolute Gasteiger partial charge is 0.296 e. The molecule has 1 N–H and O–H groups in total. The van der Waals surface area contributed by atoms with Gasteiger partial charge in [0.15, 0.2) is 10.9 Å². The predicted octanol–water partition coefficient (Wildman–Crippen LogP) is 5.37. The van der Waals surface area contributed by atoms with Crippen molar-refractivity contribution in [2.24, 2.45) is 0 Å². The van der Waals surface area contributed by atoms with Crippen molar-refractivity contribution in [3.63, 3.8) is 0 Å². The summed E-state index contributed by atoms with van der Waals surface area (Å²) in [5.74, 6) is -1.48. The molecule has 1 aliphatic heterocycles. The number of rotatable bonds is 4. The standard InChI is InChI=1S/C20H15BrN2O3S2/c1-10-11(2)28-20(22-10)23-16(12-5-3-6-13(21)9-12)15(18(25)19(23)26)17(24)14-7-4-8-27-14/h3-9,16,25H,1-2H3/t16-/m0/s1. The second-order valence-corrected chi connectivity index (χ2v) is 9.38. The molecular weight excluding hydrogens is 460 g/mol. The second kappa shape index (κ2) is 7.27. The topological polar surface area (TPSA) is 70.5 Å². The zero-order valence-electron chi connectivity index (χ0n) is 15.0. The van der Waals surface area contributed by atoms with Gasteiger partial charge in [0.2, 0.25) is 5.78 Å². The Labute approximate surface area is 178 Å². The van der Waals surface area contributed by atoms with E-state index in [-0.39, 0.29) is 11.4 Å². The number of carbonyl (C=O) groups is 2. The first kappa shape index (κ1) is 19.0. The Morgan fingerprint density at radius 1 is 1.25 bits per heavy atom. The highest BCUT2D eigenvalue weighted by Crippen LogP contribution is 2.44. The third-order valence-electron chi connectivity index (χ3n) is 4.59. The lowest BCUT2D eigenvalue weighted by Gasteiger charge is -2.24. The van der Waals surface area contributed by atoms with E-state index >= 15 is 0 Å². The van der Waals surface area contributed by atoms with Gasteiger partial charge in [-0.05, 0) is 43.0 Å². The van der Waals surface area contributed by atoms with Crippen LogP contribution in [0.1, 0.15) is 31.8 Å². The molecule has 1 atom stereocenters. The van der Waals surface area contributed by atoms with Gasteiger partial charge in [0.05, 0.1) is 22.2 Å². The maximum absolute atomic E-state index is 13.2. The molecule has 0 fully saturated rings. The first-order valence-electron chi connectivity index (χ1n) is 8.43. The highest BCUT2D eigenvalue weighted by molar-refractivity contribution is 9.10. The van der Waals surface area contributed by atoms with Crippen molar-refractivity contribution in [1.29, 1.82) is 0 Å². The van der Waals surface area contributed by atoms with Crippen molar-refractivity contribution in [2.75, 3.05) is 4.90 Å². The number of aliphatic hydroxyl groups excluding tert-OH is 1. The quantitative estimate of drug-likeness (QED) is 0.516. The Balaban J connectivity index is 1.90. The van der Waals surface area contributed by atoms with Crippen LogP contribution in [0.15, 0.2) is 57.6 Å². The molecule has 2 aromatic heterocycles. The molecule has 0 aliphatic carbocycles. The van der Waals surface area contributed by atoms with Gasteiger partial charge in [0.25, 0.3) is 5.91 Å². The van der Waals surface area contributed by atoms with Gasteiger partial charge in [-0.3, -0.25) is 14.5 Å². The van der Waals surface area contributed by atoms with Crippen LogP contribution in [-0.2, 0) is 4.79 Å². The molecule has 0 bridgehead atoms. The summed E-state index contributed by atoms with van der Waals surface area (Å²) < 4.78 is 0.818. The zero-order valence-corrected chi connectivity index (χ0v) is 18.2. The fraction of sp³-hybridized carbons (Fsp3) is 0.150. The van der Waals surface area contributed by atoms with Gasteiger partial charge in [-0.15, -0.1) is 22.7 Å². The normalized spacial score (nSPS) is 16.9. The summed E-state index contributed by atoms with van der Waals surface area (Å²) in [6.45, 7) is 3.80. The van der Waals surface area contributed by atoms with Crippen LogP contribution in [0, 0.1) is 13.8 Å². The largest absolute Gasteiger partial charge is 0.503 e. The lowest BCUT2D eigenvalue weighted by Crippen LogP contribution is -2.31. The molecule has 0 saturated carbocycles. The number of thiazole rings is 1. The molecule has 3 heterocycles. The Hall–Kier alpha value is -2.29. The number of amides is 1. The summed E-state index contributed by atoms with van der Waals surface area (Å²) in [5.41, 5.74) is 1.62. The molecule has 4 rings (SSSR count). The van der Waals surface area contributed by atoms with E-state index in [0.717, 1.165) is 20.6 Å². The van der Waals surface area contributed by atoms with Crippen molar-refractivity contribution in [1.82, 2.24) is 4.98 Å². The second-order valence-electron chi connectivity index (χ2n) is 6.34. The van der Waals surface area contributed by atoms with Gasteiger partial charge in [0, 0.05) is 9.35 Å². The Bertz CT molecular complexity index is 1100. The number of hydrogen-bond acceptors (Lipinski definition) is 6. The summed E-state index contributed by atoms with van der Waals surface area (Å²) >= 11 is 6.09. The van der Waals surface area contributed by atoms with Crippen LogP contribution in [-0.4, -0.2) is 21.8 Å². The summed E-state index contributed by atoms with van der Waals surface area (Å²) in [6.07, 6.45) is 0. The molecular formula is C20H15BrN2O3S2. The van der Waals surface area contributed by atoms with Gasteiger partial charge >= 0.3 is 0 Å². The first-order chi connectivity index (χ1) is 13.4. The van der Waals surface area contributed by atoms with Crippen molar-refractivity contribution in [3.8, 4) is 0 Å². The number of halogens is 1. The van der Waals surface area contributed by atoms with E-state index in [1.165, 1.54) is 27.6 Å². The average molecular weight is 475 g/mol. The van der Waals surface area contributed by atoms with Crippen molar-refractivity contribution >= 4 is 55.4 Å². The SMILES string of the molecule is Cc1nc(N2C(=O)C(O)=C(C(=O)c3cccs3)[C@@H]2c2cccc(Br)c2)sc1C. The van der Waals surface area contributed by atoms with E-state index in [9.17, 15) is 14.7 Å². The number of aryl methyl sites for hydroxylation is 2. The van der Waals surface area contributed by atoms with Crippen LogP contribution >= 0.6 is 38.6 Å². The summed E-state index contributed by atoms with van der Waals surface area (Å²) in [7, 11) is 0. The number of anilines is 1. The number of carbonyl (C=O) groups excluding carboxylic acids is 2. The number of nitrogens with zero attached hydrogens (tertiary/aromatic N) is 2. The Morgan fingerprint density at radius 2 is 2.04 bits per heavy atom. The van der Waals surface area contributed by atoms with Gasteiger partial charge in [-0.1, -0.05) is 34.1 Å². The summed E-state index contributed by atoms with van der Waals surface area (Å²) in [4.78, 5) is 33.5. The third kappa shape index (κ3) is 3.11. The van der Waals surface area contributed by atoms with Gasteiger partial charge < -0.3 is 5.11 Å². The van der Waals surface area contributed by atoms with Crippen molar-refractivity contribution < 1.29 is 14.7 Å². The van der Waals surface area contributed by atoms with E-state index in [2.05, 4.69) is 20.9 Å². The first-order valence-corrected chi connectivity index (χ1v) is 10.9. The van der Waals surface area contributed by atoms with Gasteiger partial charge in [-0.2, -0.15) is 0 Å². The molecule has 5 nitrogen and oxygen atoms in total. The van der Waals surface area contributed by atoms with Crippen molar-refractivity contribution in [2.45, 2.75) is 19.9 Å². The maximum Gasteiger partial charge on any atom is 0.296 e. The fourth-order valence-electron chi connectivity index (χ4n) is 3.13. The number of ketones is 1. The number of Topliss-reactive ketones (excluding diaryl/α,β-unsaturated/α-hetero) is 1. The van der Waals surface area contributed by atoms with Crippen LogP contribution in [0.2, 0.25) is 0 Å². The molecule has 0 saturated heterocycles. The monoisotopic (exact) mass is 474 g/mol. The van der Waals surface area contributed by atoms with E-state index < -0.39 is 17.7 Å². The van der Waals surface area contributed by atoms with Gasteiger partial charge in [0.1, 0.15) is 0 Å². The lowest BCUT2D eigenvalue weighted by molar-refractivity contribution is -0.117. The number of benzene rings is 1. The molecule has 8 heteroatoms. The molecule has 0 radical (unpaired) electrons. The number of thiophene rings is 1. The zero-order chi connectivity index (χ0) is 20.0. The molecule has 142 valence electrons. The van der Waals surface area contributed by atoms with Crippen LogP contribution in [0.5, 0.6) is 0 Å². The van der Waals surface area contributed by atoms with E-state index in [1.807, 2.05) is 38.1 Å². The van der Waals surface area contributed by atoms with Crippen molar-refractivity contribution in [3.05, 3.63) is 78.6 Å². The third-order valence-corrected chi connectivity index (χ3v) is 7.02. The highest BCUT2D eigenvalue weighted by atomic mass is 79.9. The number of aliphatic hydroxyl groups is 1. The summed E-state index contributed by atoms with van der Waals surface area (Å²) in [5, 5.41) is 12.9. The summed E-state index contributed by atoms with van der Waals surface area (Å²) in [6, 6.07) is 10.1. The number of hydrogen-bond donors (Lipinski definition) is 1. The Morgan fingerprint density at radius 3 is 2.64 bits per heavy atom. The van der Waals surface area contributed by atoms with E-state index in [0.29, 0.717) is 10.0 Å². The van der Waals surface area contributed by atoms with Crippen LogP contribution in [0.25, 0.3) is 0 Å². The van der Waals surface area contributed by atoms with Crippen LogP contribution < -0.4 is 4.90 Å². The van der Waals surface area contributed by atoms with Gasteiger partial charge in [-0.25, -0.2) is 4.98 Å². The van der Waals surface area contributed by atoms with Crippen LogP contribution in [0.4, 0.5) is 5.13 Å². The minimum atomic E-state index is -0.746. The van der Waals surface area contributed by atoms with E-state index in [1.54, 1.807) is 17.5 Å². The minimum Gasteiger partial charge on any atom is -0.503 e. The lowest BCUT2D eigenvalue weighted by atomic mass is 9.96. The Kier molecular flexibility index (Phi) is 4.95. The molecule has 28 heavy (non-hydrogen) atoms. The predicted molar refractivity (Wildman–Crippen MR) is 114 cm³/mol. The number of aromatic nitrogens is 1. The fourth-order valence-corrected chi connectivity index (χ4v) is 5.16.